The van der Waals surface area contributed by atoms with E-state index in [1.165, 1.54) is 25.7 Å². The van der Waals surface area contributed by atoms with Crippen molar-refractivity contribution in [3.63, 3.8) is 0 Å². The summed E-state index contributed by atoms with van der Waals surface area (Å²) in [5.74, 6) is 0. The zero-order chi connectivity index (χ0) is 9.52. The van der Waals surface area contributed by atoms with Gasteiger partial charge in [-0.1, -0.05) is 37.8 Å². The van der Waals surface area contributed by atoms with Crippen molar-refractivity contribution in [1.29, 1.82) is 0 Å². The van der Waals surface area contributed by atoms with E-state index in [0.717, 1.165) is 17.1 Å². The second-order valence-corrected chi connectivity index (χ2v) is 3.71. The van der Waals surface area contributed by atoms with Gasteiger partial charge in [0.25, 0.3) is 0 Å². The summed E-state index contributed by atoms with van der Waals surface area (Å²) < 4.78 is 0. The quantitative estimate of drug-likeness (QED) is 0.654. The van der Waals surface area contributed by atoms with E-state index >= 15 is 0 Å². The highest BCUT2D eigenvalue weighted by Crippen LogP contribution is 2.09. The summed E-state index contributed by atoms with van der Waals surface area (Å²) in [7, 11) is 0. The van der Waals surface area contributed by atoms with Gasteiger partial charge in [0.1, 0.15) is 0 Å². The van der Waals surface area contributed by atoms with E-state index in [9.17, 15) is 0 Å². The van der Waals surface area contributed by atoms with Crippen LogP contribution in [0, 0.1) is 0 Å². The lowest BCUT2D eigenvalue weighted by molar-refractivity contribution is 0.660. The van der Waals surface area contributed by atoms with Gasteiger partial charge in [0, 0.05) is 11.9 Å². The molecule has 0 aliphatic rings. The van der Waals surface area contributed by atoms with E-state index in [0.29, 0.717) is 0 Å². The van der Waals surface area contributed by atoms with E-state index in [1.54, 1.807) is 6.20 Å². The molecule has 0 aliphatic carbocycles. The van der Waals surface area contributed by atoms with Crippen LogP contribution in [-0.4, -0.2) is 4.98 Å². The Morgan fingerprint density at radius 1 is 1.23 bits per heavy atom. The standard InChI is InChI=1S/C11H16ClN/c1-2-3-4-5-6-11-8-7-10(12)9-13-11/h7-9H,2-6H2,1H3. The predicted octanol–water partition coefficient (Wildman–Crippen LogP) is 3.86. The van der Waals surface area contributed by atoms with Gasteiger partial charge in [0.2, 0.25) is 0 Å². The highest BCUT2D eigenvalue weighted by Gasteiger charge is 1.94. The average Bonchev–Trinajstić information content (AvgIpc) is 2.15. The number of aryl methyl sites for hydroxylation is 1. The molecule has 13 heavy (non-hydrogen) atoms. The van der Waals surface area contributed by atoms with Crippen molar-refractivity contribution < 1.29 is 0 Å². The minimum Gasteiger partial charge on any atom is -0.260 e. The summed E-state index contributed by atoms with van der Waals surface area (Å²) in [6.45, 7) is 2.22. The van der Waals surface area contributed by atoms with Gasteiger partial charge in [-0.15, -0.1) is 0 Å². The molecule has 0 radical (unpaired) electrons. The maximum absolute atomic E-state index is 5.73. The van der Waals surface area contributed by atoms with Gasteiger partial charge < -0.3 is 0 Å². The number of nitrogens with zero attached hydrogens (tertiary/aromatic N) is 1. The van der Waals surface area contributed by atoms with E-state index < -0.39 is 0 Å². The molecule has 0 unspecified atom stereocenters. The van der Waals surface area contributed by atoms with Crippen LogP contribution in [0.2, 0.25) is 5.02 Å². The molecule has 0 aromatic carbocycles. The van der Waals surface area contributed by atoms with Crippen molar-refractivity contribution in [3.8, 4) is 0 Å². The molecule has 1 aromatic rings. The molecule has 1 nitrogen and oxygen atoms in total. The lowest BCUT2D eigenvalue weighted by atomic mass is 10.1. The third-order valence-corrected chi connectivity index (χ3v) is 2.30. The topological polar surface area (TPSA) is 12.9 Å². The number of aromatic nitrogens is 1. The van der Waals surface area contributed by atoms with Crippen LogP contribution in [0.4, 0.5) is 0 Å². The van der Waals surface area contributed by atoms with Gasteiger partial charge >= 0.3 is 0 Å². The average molecular weight is 198 g/mol. The molecule has 0 fully saturated rings. The number of rotatable bonds is 5. The lowest BCUT2D eigenvalue weighted by Gasteiger charge is -1.99. The van der Waals surface area contributed by atoms with Crippen molar-refractivity contribution in [2.45, 2.75) is 39.0 Å². The molecule has 1 rings (SSSR count). The van der Waals surface area contributed by atoms with Gasteiger partial charge in [-0.3, -0.25) is 4.98 Å². The number of hydrogen-bond acceptors (Lipinski definition) is 1. The Kier molecular flexibility index (Phi) is 4.84. The highest BCUT2D eigenvalue weighted by atomic mass is 35.5. The molecule has 0 amide bonds. The molecular weight excluding hydrogens is 182 g/mol. The van der Waals surface area contributed by atoms with Gasteiger partial charge in [0.15, 0.2) is 0 Å². The molecule has 72 valence electrons. The summed E-state index contributed by atoms with van der Waals surface area (Å²) in [4.78, 5) is 4.24. The van der Waals surface area contributed by atoms with Crippen LogP contribution in [0.5, 0.6) is 0 Å². The monoisotopic (exact) mass is 197 g/mol. The molecular formula is C11H16ClN. The fraction of sp³-hybridized carbons (Fsp3) is 0.545. The van der Waals surface area contributed by atoms with Crippen LogP contribution in [0.15, 0.2) is 18.3 Å². The Morgan fingerprint density at radius 2 is 2.08 bits per heavy atom. The molecule has 1 aromatic heterocycles. The van der Waals surface area contributed by atoms with Crippen molar-refractivity contribution in [2.24, 2.45) is 0 Å². The Bertz CT molecular complexity index is 230. The summed E-state index contributed by atoms with van der Waals surface area (Å²) in [5.41, 5.74) is 1.15. The maximum atomic E-state index is 5.73. The minimum atomic E-state index is 0.720. The minimum absolute atomic E-state index is 0.720. The molecule has 0 aliphatic heterocycles. The fourth-order valence-corrected chi connectivity index (χ4v) is 1.40. The Labute approximate surface area is 85.1 Å². The number of pyridine rings is 1. The van der Waals surface area contributed by atoms with E-state index in [2.05, 4.69) is 11.9 Å². The first-order chi connectivity index (χ1) is 6.33. The first-order valence-corrected chi connectivity index (χ1v) is 5.31. The SMILES string of the molecule is CCCCCCc1ccc(Cl)cn1. The van der Waals surface area contributed by atoms with Gasteiger partial charge in [0.05, 0.1) is 5.02 Å². The van der Waals surface area contributed by atoms with Crippen LogP contribution in [-0.2, 0) is 6.42 Å². The zero-order valence-corrected chi connectivity index (χ0v) is 8.85. The fourth-order valence-electron chi connectivity index (χ4n) is 1.29. The third-order valence-electron chi connectivity index (χ3n) is 2.08. The van der Waals surface area contributed by atoms with Crippen molar-refractivity contribution in [2.75, 3.05) is 0 Å². The van der Waals surface area contributed by atoms with E-state index in [1.807, 2.05) is 12.1 Å². The van der Waals surface area contributed by atoms with Crippen molar-refractivity contribution in [3.05, 3.63) is 29.0 Å². The van der Waals surface area contributed by atoms with Crippen molar-refractivity contribution >= 4 is 11.6 Å². The maximum Gasteiger partial charge on any atom is 0.0589 e. The Hall–Kier alpha value is -0.560. The second-order valence-electron chi connectivity index (χ2n) is 3.28. The number of hydrogen-bond donors (Lipinski definition) is 0. The summed E-state index contributed by atoms with van der Waals surface area (Å²) >= 11 is 5.73. The normalized spacial score (nSPS) is 10.3. The Morgan fingerprint density at radius 3 is 2.69 bits per heavy atom. The largest absolute Gasteiger partial charge is 0.260 e. The predicted molar refractivity (Wildman–Crippen MR) is 57.1 cm³/mol. The third kappa shape index (κ3) is 4.28. The number of unbranched alkanes of at least 4 members (excludes halogenated alkanes) is 3. The lowest BCUT2D eigenvalue weighted by Crippen LogP contribution is -1.89. The zero-order valence-electron chi connectivity index (χ0n) is 8.09. The van der Waals surface area contributed by atoms with Crippen LogP contribution in [0.1, 0.15) is 38.3 Å². The van der Waals surface area contributed by atoms with E-state index in [4.69, 9.17) is 11.6 Å². The van der Waals surface area contributed by atoms with E-state index in [-0.39, 0.29) is 0 Å². The van der Waals surface area contributed by atoms with Crippen molar-refractivity contribution in [1.82, 2.24) is 4.98 Å². The van der Waals surface area contributed by atoms with Crippen LogP contribution in [0.25, 0.3) is 0 Å². The van der Waals surface area contributed by atoms with Crippen LogP contribution >= 0.6 is 11.6 Å². The summed E-state index contributed by atoms with van der Waals surface area (Å²) in [6, 6.07) is 3.91. The molecule has 1 heterocycles. The van der Waals surface area contributed by atoms with Gasteiger partial charge in [-0.05, 0) is 25.0 Å². The Balaban J connectivity index is 2.25. The molecule has 0 spiro atoms. The number of halogens is 1. The summed E-state index contributed by atoms with van der Waals surface area (Å²) in [5, 5.41) is 0.720. The molecule has 0 saturated carbocycles. The summed E-state index contributed by atoms with van der Waals surface area (Å²) in [6.07, 6.45) is 7.96. The molecule has 0 atom stereocenters. The van der Waals surface area contributed by atoms with Gasteiger partial charge in [-0.2, -0.15) is 0 Å². The smallest absolute Gasteiger partial charge is 0.0589 e. The van der Waals surface area contributed by atoms with Crippen LogP contribution in [0.3, 0.4) is 0 Å². The first kappa shape index (κ1) is 10.5. The highest BCUT2D eigenvalue weighted by molar-refractivity contribution is 6.30. The van der Waals surface area contributed by atoms with Crippen LogP contribution < -0.4 is 0 Å². The molecule has 0 bridgehead atoms. The van der Waals surface area contributed by atoms with Gasteiger partial charge in [-0.25, -0.2) is 0 Å². The second kappa shape index (κ2) is 5.98. The molecule has 0 N–H and O–H groups in total. The molecule has 0 saturated heterocycles. The first-order valence-electron chi connectivity index (χ1n) is 4.93. The molecule has 2 heteroatoms.